The number of likely N-dealkylation sites (tertiary alicyclic amines) is 2. The van der Waals surface area contributed by atoms with Crippen LogP contribution in [0.1, 0.15) is 98.5 Å². The fraction of sp³-hybridized carbons (Fsp3) is 0.576. The second-order valence-corrected chi connectivity index (χ2v) is 23.0. The van der Waals surface area contributed by atoms with E-state index in [1.807, 2.05) is 63.2 Å². The zero-order chi connectivity index (χ0) is 56.5. The molecule has 6 aliphatic rings. The molecule has 0 unspecified atom stereocenters. The Bertz CT molecular complexity index is 2930. The average molecular weight is 1110 g/mol. The molecule has 8 heterocycles. The smallest absolute Gasteiger partial charge is 0.410 e. The number of carbonyl (C=O) groups excluding carboxylic acids is 3. The summed E-state index contributed by atoms with van der Waals surface area (Å²) in [5, 5.41) is 23.2. The predicted molar refractivity (Wildman–Crippen MR) is 299 cm³/mol. The molecule has 4 saturated heterocycles. The van der Waals surface area contributed by atoms with Crippen LogP contribution in [0.15, 0.2) is 54.6 Å². The van der Waals surface area contributed by atoms with E-state index >= 15 is 0 Å². The van der Waals surface area contributed by atoms with Crippen molar-refractivity contribution in [2.45, 2.75) is 135 Å². The molecule has 10 rings (SSSR count). The summed E-state index contributed by atoms with van der Waals surface area (Å²) in [6, 6.07) is 22.3. The van der Waals surface area contributed by atoms with Crippen molar-refractivity contribution >= 4 is 29.9 Å². The van der Waals surface area contributed by atoms with Gasteiger partial charge in [0, 0.05) is 82.1 Å². The molecule has 0 aliphatic carbocycles. The first-order chi connectivity index (χ1) is 39.3. The number of aromatic nitrogens is 4. The molecular weight excluding hydrogens is 1030 g/mol. The number of piperazine rings is 2. The normalized spacial score (nSPS) is 21.4. The van der Waals surface area contributed by atoms with E-state index in [-0.39, 0.29) is 50.7 Å². The van der Waals surface area contributed by atoms with Gasteiger partial charge in [0.25, 0.3) is 0 Å². The number of ether oxygens (including phenoxy) is 5. The first-order valence-electron chi connectivity index (χ1n) is 28.7. The van der Waals surface area contributed by atoms with E-state index in [1.54, 1.807) is 14.7 Å². The Hall–Kier alpha value is -7.53. The Kier molecular flexibility index (Phi) is 18.2. The topological polar surface area (TPSA) is 231 Å². The van der Waals surface area contributed by atoms with Crippen LogP contribution in [0.5, 0.6) is 12.0 Å². The number of anilines is 2. The van der Waals surface area contributed by atoms with Gasteiger partial charge in [-0.1, -0.05) is 54.6 Å². The van der Waals surface area contributed by atoms with Crippen LogP contribution in [0.3, 0.4) is 0 Å². The predicted octanol–water partition coefficient (Wildman–Crippen LogP) is 6.20. The number of fused-ring (bicyclic) bond motifs is 2. The molecule has 0 radical (unpaired) electrons. The molecule has 22 nitrogen and oxygen atoms in total. The van der Waals surface area contributed by atoms with Crippen molar-refractivity contribution in [3.63, 3.8) is 0 Å². The third-order valence-electron chi connectivity index (χ3n) is 16.2. The molecule has 0 spiro atoms. The highest BCUT2D eigenvalue weighted by Crippen LogP contribution is 2.33. The fourth-order valence-electron chi connectivity index (χ4n) is 11.8. The van der Waals surface area contributed by atoms with Gasteiger partial charge in [0.2, 0.25) is 0 Å². The monoisotopic (exact) mass is 1110 g/mol. The molecule has 1 N–H and O–H groups in total. The second-order valence-electron chi connectivity index (χ2n) is 23.0. The van der Waals surface area contributed by atoms with Crippen molar-refractivity contribution in [2.75, 3.05) is 95.5 Å². The molecule has 430 valence electrons. The highest BCUT2D eigenvalue weighted by Gasteiger charge is 2.38. The van der Waals surface area contributed by atoms with Crippen molar-refractivity contribution in [3.05, 3.63) is 93.8 Å². The number of nitriles is 2. The minimum absolute atomic E-state index is 0.0790. The van der Waals surface area contributed by atoms with Crippen molar-refractivity contribution in [1.29, 1.82) is 10.5 Å². The highest BCUT2D eigenvalue weighted by atomic mass is 16.6. The molecule has 22 heteroatoms. The van der Waals surface area contributed by atoms with E-state index in [0.717, 1.165) is 91.1 Å². The lowest BCUT2D eigenvalue weighted by molar-refractivity contribution is 0.0219. The van der Waals surface area contributed by atoms with Gasteiger partial charge < -0.3 is 58.4 Å². The Morgan fingerprint density at radius 2 is 1.21 bits per heavy atom. The zero-order valence-electron chi connectivity index (χ0n) is 47.3. The number of amides is 3. The summed E-state index contributed by atoms with van der Waals surface area (Å²) in [5.74, 6) is 1.50. The maximum Gasteiger partial charge on any atom is 0.410 e. The van der Waals surface area contributed by atoms with Crippen molar-refractivity contribution < 1.29 is 38.1 Å². The molecule has 6 aliphatic heterocycles. The van der Waals surface area contributed by atoms with Gasteiger partial charge in [-0.2, -0.15) is 30.5 Å². The van der Waals surface area contributed by atoms with Crippen molar-refractivity contribution in [3.8, 4) is 24.2 Å². The molecule has 4 aromatic rings. The van der Waals surface area contributed by atoms with Gasteiger partial charge in [0.15, 0.2) is 0 Å². The van der Waals surface area contributed by atoms with Crippen LogP contribution in [0, 0.1) is 22.7 Å². The van der Waals surface area contributed by atoms with Crippen LogP contribution in [-0.4, -0.2) is 178 Å². The first-order valence-corrected chi connectivity index (χ1v) is 28.7. The quantitative estimate of drug-likeness (QED) is 0.123. The van der Waals surface area contributed by atoms with Gasteiger partial charge in [-0.3, -0.25) is 4.90 Å². The SMILES string of the molecule is CN1CCC[C@H]1COc1nc2c(c(N3CCN(C(=O)OCc4ccc(CN5CCC[C@H]5COc5nc6c(c(N7CCN(C(=O)OCc8ccccc8)[C@@H](CC#N)C7)n5)CCN(C(=O)OC(C)(C)C)C6)cc4)[C@@H](CC#N)C3)n1)CCNC2. The molecule has 81 heavy (non-hydrogen) atoms. The van der Waals surface area contributed by atoms with E-state index in [1.165, 1.54) is 0 Å². The molecule has 4 atom stereocenters. The molecule has 3 amide bonds. The van der Waals surface area contributed by atoms with Gasteiger partial charge in [-0.05, 0) is 103 Å². The number of nitrogens with zero attached hydrogens (tertiary/aromatic N) is 13. The Morgan fingerprint density at radius 1 is 0.642 bits per heavy atom. The molecule has 2 aromatic carbocycles. The van der Waals surface area contributed by atoms with Crippen LogP contribution in [0.2, 0.25) is 0 Å². The van der Waals surface area contributed by atoms with E-state index in [2.05, 4.69) is 56.2 Å². The number of hydrogen-bond donors (Lipinski definition) is 1. The van der Waals surface area contributed by atoms with Crippen molar-refractivity contribution in [2.24, 2.45) is 0 Å². The maximum absolute atomic E-state index is 13.7. The van der Waals surface area contributed by atoms with E-state index < -0.39 is 29.9 Å². The minimum Gasteiger partial charge on any atom is -0.462 e. The fourth-order valence-corrected chi connectivity index (χ4v) is 11.8. The maximum atomic E-state index is 13.7. The average Bonchev–Trinajstić information content (AvgIpc) is 4.12. The second kappa shape index (κ2) is 25.9. The lowest BCUT2D eigenvalue weighted by atomic mass is 10.0. The molecule has 2 aromatic heterocycles. The summed E-state index contributed by atoms with van der Waals surface area (Å²) in [5.41, 5.74) is 5.76. The Labute approximate surface area is 474 Å². The zero-order valence-corrected chi connectivity index (χ0v) is 47.3. The largest absolute Gasteiger partial charge is 0.462 e. The van der Waals surface area contributed by atoms with Gasteiger partial charge in [-0.25, -0.2) is 14.4 Å². The van der Waals surface area contributed by atoms with Gasteiger partial charge in [0.1, 0.15) is 43.7 Å². The highest BCUT2D eigenvalue weighted by molar-refractivity contribution is 5.71. The Balaban J connectivity index is 0.753. The number of benzene rings is 2. The van der Waals surface area contributed by atoms with Crippen LogP contribution in [-0.2, 0) is 59.9 Å². The van der Waals surface area contributed by atoms with Crippen LogP contribution in [0.25, 0.3) is 0 Å². The summed E-state index contributed by atoms with van der Waals surface area (Å²) >= 11 is 0. The lowest BCUT2D eigenvalue weighted by Crippen LogP contribution is -2.56. The molecular formula is C59H76N14O8. The minimum atomic E-state index is -0.668. The van der Waals surface area contributed by atoms with Crippen molar-refractivity contribution in [1.82, 2.24) is 49.8 Å². The molecule has 0 bridgehead atoms. The summed E-state index contributed by atoms with van der Waals surface area (Å²) in [4.78, 5) is 74.2. The number of carbonyl (C=O) groups is 3. The van der Waals surface area contributed by atoms with E-state index in [0.29, 0.717) is 102 Å². The van der Waals surface area contributed by atoms with Gasteiger partial charge in [0.05, 0.1) is 55.0 Å². The number of likely N-dealkylation sites (N-methyl/N-ethyl adjacent to an activating group) is 1. The Morgan fingerprint density at radius 3 is 1.81 bits per heavy atom. The standard InChI is InChI=1S/C59H76N14O8/c1-59(2,3)81-56(74)71-27-21-49-51(36-71)64-55(66-53(49)70-29-31-72(45(35-70)19-23-61)57(75)79-37-42-10-6-5-7-11-42)78-40-47-13-9-26-68(47)33-41-14-16-43(17-15-41)38-80-58(76)73-30-28-69(34-44(73)18-22-60)52-48-20-24-62-32-50(48)63-54(65-52)77-39-46-12-8-25-67(46)4/h5-7,10-11,14-17,44-47,62H,8-9,12-13,18-21,24-40H2,1-4H3/t44-,45-,46-,47-/m0/s1. The number of rotatable bonds is 16. The summed E-state index contributed by atoms with van der Waals surface area (Å²) in [6.45, 7) is 13.8. The molecule has 0 saturated carbocycles. The third-order valence-corrected chi connectivity index (χ3v) is 16.2. The van der Waals surface area contributed by atoms with Crippen LogP contribution in [0.4, 0.5) is 26.0 Å². The summed E-state index contributed by atoms with van der Waals surface area (Å²) in [6.07, 6.45) is 4.36. The lowest BCUT2D eigenvalue weighted by Gasteiger charge is -2.41. The van der Waals surface area contributed by atoms with Crippen LogP contribution >= 0.6 is 0 Å². The third kappa shape index (κ3) is 14.2. The van der Waals surface area contributed by atoms with E-state index in [9.17, 15) is 24.9 Å². The van der Waals surface area contributed by atoms with E-state index in [4.69, 9.17) is 43.6 Å². The molecule has 4 fully saturated rings. The van der Waals surface area contributed by atoms with Gasteiger partial charge >= 0.3 is 30.3 Å². The first kappa shape index (κ1) is 56.7. The summed E-state index contributed by atoms with van der Waals surface area (Å²) < 4.78 is 30.1. The van der Waals surface area contributed by atoms with Gasteiger partial charge in [-0.15, -0.1) is 0 Å². The van der Waals surface area contributed by atoms with Crippen LogP contribution < -0.4 is 24.6 Å². The number of nitrogens with one attached hydrogen (secondary N) is 1. The summed E-state index contributed by atoms with van der Waals surface area (Å²) in [7, 11) is 2.12. The number of hydrogen-bond acceptors (Lipinski definition) is 19.